The van der Waals surface area contributed by atoms with Crippen LogP contribution in [0.2, 0.25) is 0 Å². The molecule has 0 fully saturated rings. The summed E-state index contributed by atoms with van der Waals surface area (Å²) < 4.78 is 5.12. The molecule has 0 saturated heterocycles. The summed E-state index contributed by atoms with van der Waals surface area (Å²) in [6.45, 7) is 0. The van der Waals surface area contributed by atoms with Gasteiger partial charge in [0, 0.05) is 11.1 Å². The Morgan fingerprint density at radius 3 is 2.58 bits per heavy atom. The van der Waals surface area contributed by atoms with Gasteiger partial charge in [0.2, 0.25) is 0 Å². The van der Waals surface area contributed by atoms with Gasteiger partial charge < -0.3 is 9.84 Å². The maximum atomic E-state index is 10.4. The second-order valence-corrected chi connectivity index (χ2v) is 4.29. The number of ether oxygens (including phenoxy) is 1. The number of aliphatic hydroxyl groups excluding tert-OH is 1. The third-order valence-electron chi connectivity index (χ3n) is 3.16. The Balaban J connectivity index is 1.95. The third kappa shape index (κ3) is 2.06. The van der Waals surface area contributed by atoms with Crippen molar-refractivity contribution in [2.24, 2.45) is 5.10 Å². The summed E-state index contributed by atoms with van der Waals surface area (Å²) in [6, 6.07) is 15.1. The molecule has 1 aliphatic rings. The van der Waals surface area contributed by atoms with Crippen LogP contribution in [0.4, 0.5) is 5.69 Å². The Hall–Kier alpha value is -2.33. The van der Waals surface area contributed by atoms with Gasteiger partial charge in [-0.15, -0.1) is 0 Å². The summed E-state index contributed by atoms with van der Waals surface area (Å²) in [5, 5.41) is 16.3. The highest BCUT2D eigenvalue weighted by atomic mass is 16.5. The van der Waals surface area contributed by atoms with Crippen LogP contribution in [0.5, 0.6) is 5.75 Å². The van der Waals surface area contributed by atoms with E-state index in [1.807, 2.05) is 48.5 Å². The Bertz CT molecular complexity index is 608. The maximum absolute atomic E-state index is 10.4. The fourth-order valence-electron chi connectivity index (χ4n) is 2.13. The molecule has 1 aliphatic heterocycles. The third-order valence-corrected chi connectivity index (χ3v) is 3.16. The molecule has 2 aromatic carbocycles. The molecular formula is C15H14N2O2. The van der Waals surface area contributed by atoms with E-state index in [0.717, 1.165) is 22.6 Å². The smallest absolute Gasteiger partial charge is 0.174 e. The highest BCUT2D eigenvalue weighted by Crippen LogP contribution is 2.31. The van der Waals surface area contributed by atoms with Gasteiger partial charge in [0.1, 0.15) is 5.75 Å². The van der Waals surface area contributed by atoms with Crippen molar-refractivity contribution in [2.45, 2.75) is 6.23 Å². The van der Waals surface area contributed by atoms with Crippen molar-refractivity contribution in [3.8, 4) is 5.75 Å². The standard InChI is InChI=1S/C15H14N2O2/c1-19-13-8-6-12(7-9-13)17-15(18)14-5-3-2-4-11(14)10-16-17/h2-10,15,18H,1H3. The molecule has 2 aromatic rings. The molecular weight excluding hydrogens is 240 g/mol. The van der Waals surface area contributed by atoms with Gasteiger partial charge in [-0.1, -0.05) is 24.3 Å². The summed E-state index contributed by atoms with van der Waals surface area (Å²) in [6.07, 6.45) is 0.987. The number of nitrogens with zero attached hydrogens (tertiary/aromatic N) is 2. The van der Waals surface area contributed by atoms with Crippen LogP contribution in [-0.2, 0) is 0 Å². The number of rotatable bonds is 2. The molecule has 4 nitrogen and oxygen atoms in total. The molecule has 0 spiro atoms. The summed E-state index contributed by atoms with van der Waals surface area (Å²) in [5.41, 5.74) is 2.62. The van der Waals surface area contributed by atoms with Crippen molar-refractivity contribution in [1.82, 2.24) is 0 Å². The van der Waals surface area contributed by atoms with Gasteiger partial charge in [-0.25, -0.2) is 5.01 Å². The van der Waals surface area contributed by atoms with Crippen LogP contribution in [0.3, 0.4) is 0 Å². The molecule has 1 heterocycles. The molecule has 0 aromatic heterocycles. The number of benzene rings is 2. The maximum Gasteiger partial charge on any atom is 0.174 e. The lowest BCUT2D eigenvalue weighted by Crippen LogP contribution is -2.27. The first-order valence-electron chi connectivity index (χ1n) is 6.04. The summed E-state index contributed by atoms with van der Waals surface area (Å²) in [4.78, 5) is 0. The van der Waals surface area contributed by atoms with Crippen molar-refractivity contribution in [1.29, 1.82) is 0 Å². The van der Waals surface area contributed by atoms with E-state index < -0.39 is 6.23 Å². The predicted octanol–water partition coefficient (Wildman–Crippen LogP) is 2.54. The van der Waals surface area contributed by atoms with Gasteiger partial charge in [0.25, 0.3) is 0 Å². The summed E-state index contributed by atoms with van der Waals surface area (Å²) in [7, 11) is 1.62. The fourth-order valence-corrected chi connectivity index (χ4v) is 2.13. The summed E-state index contributed by atoms with van der Waals surface area (Å²) >= 11 is 0. The van der Waals surface area contributed by atoms with Gasteiger partial charge in [-0.3, -0.25) is 0 Å². The van der Waals surface area contributed by atoms with E-state index in [-0.39, 0.29) is 0 Å². The molecule has 1 unspecified atom stereocenters. The van der Waals surface area contributed by atoms with E-state index in [0.29, 0.717) is 0 Å². The second kappa shape index (κ2) is 4.74. The number of methoxy groups -OCH3 is 1. The number of anilines is 1. The lowest BCUT2D eigenvalue weighted by Gasteiger charge is -2.29. The zero-order chi connectivity index (χ0) is 13.2. The number of hydrazone groups is 1. The lowest BCUT2D eigenvalue weighted by atomic mass is 10.1. The van der Waals surface area contributed by atoms with Crippen molar-refractivity contribution in [3.05, 3.63) is 59.7 Å². The predicted molar refractivity (Wildman–Crippen MR) is 74.5 cm³/mol. The molecule has 0 aliphatic carbocycles. The monoisotopic (exact) mass is 254 g/mol. The van der Waals surface area contributed by atoms with Crippen LogP contribution in [-0.4, -0.2) is 18.4 Å². The Labute approximate surface area is 111 Å². The van der Waals surface area contributed by atoms with E-state index in [2.05, 4.69) is 5.10 Å². The normalized spacial score (nSPS) is 17.2. The first kappa shape index (κ1) is 11.7. The SMILES string of the molecule is COc1ccc(N2N=Cc3ccccc3C2O)cc1. The minimum atomic E-state index is -0.769. The van der Waals surface area contributed by atoms with Crippen molar-refractivity contribution < 1.29 is 9.84 Å². The number of aliphatic hydroxyl groups is 1. The van der Waals surface area contributed by atoms with Gasteiger partial charge in [0.05, 0.1) is 19.0 Å². The molecule has 0 radical (unpaired) electrons. The molecule has 4 heteroatoms. The fraction of sp³-hybridized carbons (Fsp3) is 0.133. The Morgan fingerprint density at radius 1 is 1.11 bits per heavy atom. The van der Waals surface area contributed by atoms with Crippen LogP contribution in [0.25, 0.3) is 0 Å². The number of fused-ring (bicyclic) bond motifs is 1. The molecule has 3 rings (SSSR count). The molecule has 0 bridgehead atoms. The highest BCUT2D eigenvalue weighted by Gasteiger charge is 2.23. The first-order chi connectivity index (χ1) is 9.29. The van der Waals surface area contributed by atoms with Gasteiger partial charge >= 0.3 is 0 Å². The van der Waals surface area contributed by atoms with Crippen LogP contribution in [0.15, 0.2) is 53.6 Å². The van der Waals surface area contributed by atoms with E-state index in [1.165, 1.54) is 0 Å². The van der Waals surface area contributed by atoms with E-state index in [1.54, 1.807) is 18.3 Å². The van der Waals surface area contributed by atoms with Gasteiger partial charge in [0.15, 0.2) is 6.23 Å². The Kier molecular flexibility index (Phi) is 2.93. The van der Waals surface area contributed by atoms with E-state index in [9.17, 15) is 5.11 Å². The van der Waals surface area contributed by atoms with Crippen LogP contribution >= 0.6 is 0 Å². The molecule has 1 atom stereocenters. The van der Waals surface area contributed by atoms with Crippen molar-refractivity contribution >= 4 is 11.9 Å². The molecule has 1 N–H and O–H groups in total. The van der Waals surface area contributed by atoms with Crippen LogP contribution in [0, 0.1) is 0 Å². The Morgan fingerprint density at radius 2 is 1.84 bits per heavy atom. The molecule has 0 amide bonds. The highest BCUT2D eigenvalue weighted by molar-refractivity contribution is 5.84. The van der Waals surface area contributed by atoms with E-state index >= 15 is 0 Å². The van der Waals surface area contributed by atoms with Gasteiger partial charge in [-0.05, 0) is 24.3 Å². The van der Waals surface area contributed by atoms with Crippen LogP contribution in [0.1, 0.15) is 17.4 Å². The van der Waals surface area contributed by atoms with Crippen molar-refractivity contribution in [3.63, 3.8) is 0 Å². The van der Waals surface area contributed by atoms with Crippen molar-refractivity contribution in [2.75, 3.05) is 12.1 Å². The zero-order valence-corrected chi connectivity index (χ0v) is 10.5. The largest absolute Gasteiger partial charge is 0.497 e. The summed E-state index contributed by atoms with van der Waals surface area (Å²) in [5.74, 6) is 0.777. The molecule has 96 valence electrons. The minimum absolute atomic E-state index is 0.769. The second-order valence-electron chi connectivity index (χ2n) is 4.29. The topological polar surface area (TPSA) is 45.1 Å². The lowest BCUT2D eigenvalue weighted by molar-refractivity contribution is 0.171. The average molecular weight is 254 g/mol. The van der Waals surface area contributed by atoms with Crippen LogP contribution < -0.4 is 9.75 Å². The minimum Gasteiger partial charge on any atom is -0.497 e. The zero-order valence-electron chi connectivity index (χ0n) is 10.5. The molecule has 0 saturated carbocycles. The molecule has 19 heavy (non-hydrogen) atoms. The quantitative estimate of drug-likeness (QED) is 0.895. The van der Waals surface area contributed by atoms with Gasteiger partial charge in [-0.2, -0.15) is 5.10 Å². The number of hydrogen-bond acceptors (Lipinski definition) is 4. The first-order valence-corrected chi connectivity index (χ1v) is 6.04. The average Bonchev–Trinajstić information content (AvgIpc) is 2.48. The number of hydrogen-bond donors (Lipinski definition) is 1. The van der Waals surface area contributed by atoms with E-state index in [4.69, 9.17) is 4.74 Å².